The highest BCUT2D eigenvalue weighted by molar-refractivity contribution is 9.10. The van der Waals surface area contributed by atoms with Gasteiger partial charge in [0.25, 0.3) is 0 Å². The van der Waals surface area contributed by atoms with Gasteiger partial charge in [-0.15, -0.1) is 0 Å². The molecule has 0 aliphatic carbocycles. The number of aryl methyl sites for hydroxylation is 2. The zero-order valence-corrected chi connectivity index (χ0v) is 11.2. The molecule has 1 aromatic carbocycles. The van der Waals surface area contributed by atoms with Crippen LogP contribution in [0.15, 0.2) is 28.7 Å². The van der Waals surface area contributed by atoms with E-state index in [1.807, 2.05) is 26.0 Å². The van der Waals surface area contributed by atoms with Crippen LogP contribution in [-0.4, -0.2) is 9.97 Å². The molecule has 0 saturated carbocycles. The lowest BCUT2D eigenvalue weighted by Gasteiger charge is -2.08. The van der Waals surface area contributed by atoms with E-state index in [1.54, 1.807) is 12.1 Å². The first-order chi connectivity index (χ1) is 8.04. The van der Waals surface area contributed by atoms with Crippen molar-refractivity contribution >= 4 is 21.6 Å². The lowest BCUT2D eigenvalue weighted by molar-refractivity contribution is 0.441. The lowest BCUT2D eigenvalue weighted by atomic mass is 10.3. The van der Waals surface area contributed by atoms with Crippen LogP contribution in [-0.2, 0) is 0 Å². The molecule has 2 rings (SSSR count). The first kappa shape index (κ1) is 11.9. The normalized spacial score (nSPS) is 10.3. The number of hydrogen-bond donors (Lipinski definition) is 1. The summed E-state index contributed by atoms with van der Waals surface area (Å²) in [6.45, 7) is 3.79. The maximum absolute atomic E-state index is 5.83. The molecule has 5 heteroatoms. The Balaban J connectivity index is 2.31. The van der Waals surface area contributed by atoms with E-state index in [4.69, 9.17) is 10.5 Å². The number of halogens is 1. The second-order valence-corrected chi connectivity index (χ2v) is 4.63. The van der Waals surface area contributed by atoms with Gasteiger partial charge in [-0.25, -0.2) is 9.97 Å². The second-order valence-electron chi connectivity index (χ2n) is 3.72. The Morgan fingerprint density at radius 3 is 2.35 bits per heavy atom. The average molecular weight is 294 g/mol. The first-order valence-corrected chi connectivity index (χ1v) is 5.89. The van der Waals surface area contributed by atoms with Crippen LogP contribution < -0.4 is 10.5 Å². The van der Waals surface area contributed by atoms with E-state index in [-0.39, 0.29) is 0 Å². The topological polar surface area (TPSA) is 61.0 Å². The molecule has 0 fully saturated rings. The molecular weight excluding hydrogens is 282 g/mol. The van der Waals surface area contributed by atoms with E-state index in [2.05, 4.69) is 25.9 Å². The number of nitrogen functional groups attached to an aromatic ring is 1. The maximum Gasteiger partial charge on any atom is 0.322 e. The number of anilines is 1. The molecule has 0 amide bonds. The summed E-state index contributed by atoms with van der Waals surface area (Å²) in [4.78, 5) is 8.38. The van der Waals surface area contributed by atoms with Crippen molar-refractivity contribution in [1.82, 2.24) is 9.97 Å². The minimum absolute atomic E-state index is 0.316. The Hall–Kier alpha value is -1.62. The fourth-order valence-electron chi connectivity index (χ4n) is 1.45. The fraction of sp³-hybridized carbons (Fsp3) is 0.167. The Labute approximate surface area is 108 Å². The van der Waals surface area contributed by atoms with Gasteiger partial charge in [0.15, 0.2) is 5.75 Å². The van der Waals surface area contributed by atoms with Crippen LogP contribution in [0.25, 0.3) is 0 Å². The standard InChI is InChI=1S/C12H12BrN3O/c1-7-5-8(2)16-12(15-7)17-11-4-3-9(13)6-10(11)14/h3-6H,14H2,1-2H3. The van der Waals surface area contributed by atoms with E-state index in [9.17, 15) is 0 Å². The Bertz CT molecular complexity index is 537. The fourth-order valence-corrected chi connectivity index (χ4v) is 1.83. The van der Waals surface area contributed by atoms with Gasteiger partial charge in [0.1, 0.15) is 0 Å². The Kier molecular flexibility index (Phi) is 3.28. The molecule has 0 aliphatic heterocycles. The van der Waals surface area contributed by atoms with E-state index in [0.29, 0.717) is 17.4 Å². The number of benzene rings is 1. The van der Waals surface area contributed by atoms with Crippen LogP contribution >= 0.6 is 15.9 Å². The molecular formula is C12H12BrN3O. The summed E-state index contributed by atoms with van der Waals surface area (Å²) in [5.41, 5.74) is 8.11. The Morgan fingerprint density at radius 1 is 1.12 bits per heavy atom. The highest BCUT2D eigenvalue weighted by atomic mass is 79.9. The van der Waals surface area contributed by atoms with Crippen LogP contribution in [0.4, 0.5) is 5.69 Å². The largest absolute Gasteiger partial charge is 0.422 e. The summed E-state index contributed by atoms with van der Waals surface area (Å²) < 4.78 is 6.46. The molecule has 0 atom stereocenters. The molecule has 2 N–H and O–H groups in total. The molecule has 0 bridgehead atoms. The van der Waals surface area contributed by atoms with Crippen molar-refractivity contribution < 1.29 is 4.74 Å². The molecule has 88 valence electrons. The summed E-state index contributed by atoms with van der Waals surface area (Å²) >= 11 is 3.34. The van der Waals surface area contributed by atoms with Gasteiger partial charge >= 0.3 is 6.01 Å². The number of nitrogens with two attached hydrogens (primary N) is 1. The van der Waals surface area contributed by atoms with Crippen LogP contribution in [0.5, 0.6) is 11.8 Å². The monoisotopic (exact) mass is 293 g/mol. The third-order valence-electron chi connectivity index (χ3n) is 2.13. The predicted molar refractivity (Wildman–Crippen MR) is 70.1 cm³/mol. The number of nitrogens with zero attached hydrogens (tertiary/aromatic N) is 2. The summed E-state index contributed by atoms with van der Waals surface area (Å²) in [5.74, 6) is 0.554. The number of aromatic nitrogens is 2. The molecule has 1 heterocycles. The zero-order valence-electron chi connectivity index (χ0n) is 9.57. The van der Waals surface area contributed by atoms with Gasteiger partial charge in [0.2, 0.25) is 0 Å². The van der Waals surface area contributed by atoms with Crippen LogP contribution in [0, 0.1) is 13.8 Å². The van der Waals surface area contributed by atoms with Gasteiger partial charge in [-0.05, 0) is 38.1 Å². The predicted octanol–water partition coefficient (Wildman–Crippen LogP) is 3.23. The molecule has 0 unspecified atom stereocenters. The van der Waals surface area contributed by atoms with Crippen LogP contribution in [0.3, 0.4) is 0 Å². The minimum Gasteiger partial charge on any atom is -0.422 e. The van der Waals surface area contributed by atoms with Gasteiger partial charge in [0, 0.05) is 15.9 Å². The number of hydrogen-bond acceptors (Lipinski definition) is 4. The third-order valence-corrected chi connectivity index (χ3v) is 2.63. The van der Waals surface area contributed by atoms with Crippen molar-refractivity contribution in [3.8, 4) is 11.8 Å². The van der Waals surface area contributed by atoms with Gasteiger partial charge in [0.05, 0.1) is 5.69 Å². The summed E-state index contributed by atoms with van der Waals surface area (Å²) in [5, 5.41) is 0. The maximum atomic E-state index is 5.83. The van der Waals surface area contributed by atoms with Crippen molar-refractivity contribution in [3.63, 3.8) is 0 Å². The summed E-state index contributed by atoms with van der Waals surface area (Å²) in [6.07, 6.45) is 0. The molecule has 0 radical (unpaired) electrons. The molecule has 0 saturated heterocycles. The van der Waals surface area contributed by atoms with Crippen molar-refractivity contribution in [3.05, 3.63) is 40.1 Å². The third kappa shape index (κ3) is 2.94. The van der Waals surface area contributed by atoms with Crippen LogP contribution in [0.1, 0.15) is 11.4 Å². The van der Waals surface area contributed by atoms with Gasteiger partial charge < -0.3 is 10.5 Å². The molecule has 2 aromatic rings. The van der Waals surface area contributed by atoms with E-state index in [1.165, 1.54) is 0 Å². The van der Waals surface area contributed by atoms with Gasteiger partial charge in [-0.1, -0.05) is 15.9 Å². The second kappa shape index (κ2) is 4.71. The molecule has 4 nitrogen and oxygen atoms in total. The van der Waals surface area contributed by atoms with Crippen molar-refractivity contribution in [2.45, 2.75) is 13.8 Å². The number of rotatable bonds is 2. The SMILES string of the molecule is Cc1cc(C)nc(Oc2ccc(Br)cc2N)n1. The van der Waals surface area contributed by atoms with Crippen molar-refractivity contribution in [1.29, 1.82) is 0 Å². The highest BCUT2D eigenvalue weighted by Gasteiger charge is 2.06. The van der Waals surface area contributed by atoms with Crippen molar-refractivity contribution in [2.75, 3.05) is 5.73 Å². The summed E-state index contributed by atoms with van der Waals surface area (Å²) in [7, 11) is 0. The first-order valence-electron chi connectivity index (χ1n) is 5.10. The smallest absolute Gasteiger partial charge is 0.322 e. The van der Waals surface area contributed by atoms with E-state index >= 15 is 0 Å². The van der Waals surface area contributed by atoms with Gasteiger partial charge in [-0.3, -0.25) is 0 Å². The van der Waals surface area contributed by atoms with E-state index in [0.717, 1.165) is 15.9 Å². The Morgan fingerprint density at radius 2 is 1.76 bits per heavy atom. The quantitative estimate of drug-likeness (QED) is 0.864. The van der Waals surface area contributed by atoms with Crippen LogP contribution in [0.2, 0.25) is 0 Å². The van der Waals surface area contributed by atoms with E-state index < -0.39 is 0 Å². The lowest BCUT2D eigenvalue weighted by Crippen LogP contribution is -1.98. The van der Waals surface area contributed by atoms with Gasteiger partial charge in [-0.2, -0.15) is 0 Å². The highest BCUT2D eigenvalue weighted by Crippen LogP contribution is 2.28. The minimum atomic E-state index is 0.316. The molecule has 0 spiro atoms. The number of ether oxygens (including phenoxy) is 1. The van der Waals surface area contributed by atoms with Crippen molar-refractivity contribution in [2.24, 2.45) is 0 Å². The molecule has 0 aliphatic rings. The molecule has 1 aromatic heterocycles. The molecule has 17 heavy (non-hydrogen) atoms. The zero-order chi connectivity index (χ0) is 12.4. The summed E-state index contributed by atoms with van der Waals surface area (Å²) in [6, 6.07) is 7.61. The average Bonchev–Trinajstić information content (AvgIpc) is 2.21.